The van der Waals surface area contributed by atoms with E-state index in [0.29, 0.717) is 34.3 Å². The van der Waals surface area contributed by atoms with Crippen molar-refractivity contribution >= 4 is 27.9 Å². The first-order chi connectivity index (χ1) is 14.4. The number of hydrogen-bond donors (Lipinski definition) is 3. The first-order valence-corrected chi connectivity index (χ1v) is 10.0. The molecule has 1 aliphatic heterocycles. The highest BCUT2D eigenvalue weighted by Gasteiger charge is 2.23. The molecule has 1 aliphatic carbocycles. The second-order valence-electron chi connectivity index (χ2n) is 7.92. The number of pyridine rings is 1. The fourth-order valence-corrected chi connectivity index (χ4v) is 4.10. The highest BCUT2D eigenvalue weighted by molar-refractivity contribution is 6.15. The molecule has 3 N–H and O–H groups in total. The molecule has 30 heavy (non-hydrogen) atoms. The molecule has 2 atom stereocenters. The zero-order valence-electron chi connectivity index (χ0n) is 17.3. The van der Waals surface area contributed by atoms with Crippen LogP contribution in [0.2, 0.25) is 0 Å². The third kappa shape index (κ3) is 3.85. The van der Waals surface area contributed by atoms with Gasteiger partial charge in [0.15, 0.2) is 5.82 Å². The number of allylic oxidation sites excluding steroid dienone is 5. The van der Waals surface area contributed by atoms with Crippen LogP contribution in [0, 0.1) is 11.2 Å². The topological polar surface area (TPSA) is 64.0 Å². The molecule has 1 fully saturated rings. The molecule has 1 saturated heterocycles. The third-order valence-electron chi connectivity index (χ3n) is 5.37. The molecule has 2 unspecified atom stereocenters. The summed E-state index contributed by atoms with van der Waals surface area (Å²) >= 11 is 0. The number of nitrogens with one attached hydrogen (secondary N) is 3. The average Bonchev–Trinajstić information content (AvgIpc) is 2.70. The molecule has 2 aliphatic rings. The van der Waals surface area contributed by atoms with Crippen LogP contribution in [0.3, 0.4) is 0 Å². The van der Waals surface area contributed by atoms with Crippen LogP contribution in [-0.2, 0) is 0 Å². The zero-order valence-corrected chi connectivity index (χ0v) is 17.3. The maximum atomic E-state index is 15.0. The molecular weight excluding hydrogens is 384 g/mol. The van der Waals surface area contributed by atoms with Crippen LogP contribution in [0.15, 0.2) is 54.0 Å². The fraction of sp³-hybridized carbons (Fsp3) is 0.304. The van der Waals surface area contributed by atoms with E-state index in [1.807, 2.05) is 12.1 Å². The molecule has 7 heteroatoms. The Kier molecular flexibility index (Phi) is 5.39. The number of nitrogens with zero attached hydrogens (tertiary/aromatic N) is 2. The molecule has 5 nitrogen and oxygen atoms in total. The molecular formula is C23H25F2N5. The number of benzene rings is 1. The second-order valence-corrected chi connectivity index (χ2v) is 7.92. The van der Waals surface area contributed by atoms with Crippen LogP contribution < -0.4 is 15.5 Å². The van der Waals surface area contributed by atoms with Crippen molar-refractivity contribution in [1.82, 2.24) is 15.6 Å². The van der Waals surface area contributed by atoms with E-state index in [2.05, 4.69) is 34.4 Å². The lowest BCUT2D eigenvalue weighted by Gasteiger charge is -2.37. The summed E-state index contributed by atoms with van der Waals surface area (Å²) in [5.41, 5.74) is 2.27. The standard InChI is InChI=1S/C23H25F2N5/c1-13-11-30(12-14(2)28-13)18-7-15-4-5-21(29-23(15)20(25)9-18)16-6-17(10-27-3)22(26)19(24)8-16/h4-10,13-14,26-28H,11-12H2,1-3H3/b17-10-,26-22?. The molecule has 2 heterocycles. The summed E-state index contributed by atoms with van der Waals surface area (Å²) in [5, 5.41) is 14.8. The minimum absolute atomic E-state index is 0.191. The zero-order chi connectivity index (χ0) is 21.4. The minimum Gasteiger partial charge on any atom is -0.393 e. The van der Waals surface area contributed by atoms with Crippen LogP contribution in [0.1, 0.15) is 19.5 Å². The summed E-state index contributed by atoms with van der Waals surface area (Å²) in [6.07, 6.45) is 4.49. The van der Waals surface area contributed by atoms with Crippen molar-refractivity contribution in [1.29, 1.82) is 5.41 Å². The van der Waals surface area contributed by atoms with Gasteiger partial charge in [-0.05, 0) is 44.2 Å². The molecule has 0 bridgehead atoms. The van der Waals surface area contributed by atoms with Gasteiger partial charge in [-0.25, -0.2) is 13.8 Å². The van der Waals surface area contributed by atoms with Gasteiger partial charge < -0.3 is 15.5 Å². The van der Waals surface area contributed by atoms with Crippen LogP contribution >= 0.6 is 0 Å². The lowest BCUT2D eigenvalue weighted by Crippen LogP contribution is -2.54. The van der Waals surface area contributed by atoms with E-state index in [1.165, 1.54) is 12.1 Å². The predicted octanol–water partition coefficient (Wildman–Crippen LogP) is 3.93. The Hall–Kier alpha value is -3.06. The Morgan fingerprint density at radius 2 is 1.90 bits per heavy atom. The van der Waals surface area contributed by atoms with Crippen LogP contribution in [0.5, 0.6) is 0 Å². The fourth-order valence-electron chi connectivity index (χ4n) is 4.10. The summed E-state index contributed by atoms with van der Waals surface area (Å²) in [5.74, 6) is -1.04. The average molecular weight is 409 g/mol. The Labute approximate surface area is 174 Å². The van der Waals surface area contributed by atoms with Gasteiger partial charge in [-0.2, -0.15) is 0 Å². The van der Waals surface area contributed by atoms with Crippen LogP contribution in [-0.4, -0.2) is 42.9 Å². The maximum absolute atomic E-state index is 15.0. The first-order valence-electron chi connectivity index (χ1n) is 10.0. The molecule has 0 saturated carbocycles. The SMILES string of the molecule is CN/C=C1/C=C(c2ccc3cc(N4CC(C)NC(C)C4)cc(F)c3n2)C=C(F)C1=N. The van der Waals surface area contributed by atoms with E-state index >= 15 is 4.39 Å². The Morgan fingerprint density at radius 1 is 1.17 bits per heavy atom. The molecule has 2 aromatic rings. The quantitative estimate of drug-likeness (QED) is 0.719. The van der Waals surface area contributed by atoms with Crippen molar-refractivity contribution in [2.24, 2.45) is 0 Å². The molecule has 1 aromatic heterocycles. The number of rotatable bonds is 3. The van der Waals surface area contributed by atoms with Gasteiger partial charge in [-0.3, -0.25) is 5.41 Å². The minimum atomic E-state index is -0.645. The first kappa shape index (κ1) is 20.2. The third-order valence-corrected chi connectivity index (χ3v) is 5.37. The van der Waals surface area contributed by atoms with Gasteiger partial charge in [0.25, 0.3) is 0 Å². The number of anilines is 1. The molecule has 1 aromatic carbocycles. The summed E-state index contributed by atoms with van der Waals surface area (Å²) in [4.78, 5) is 6.65. The van der Waals surface area contributed by atoms with Gasteiger partial charge >= 0.3 is 0 Å². The smallest absolute Gasteiger partial charge is 0.151 e. The molecule has 156 valence electrons. The lowest BCUT2D eigenvalue weighted by atomic mass is 9.97. The van der Waals surface area contributed by atoms with Crippen molar-refractivity contribution in [3.05, 3.63) is 65.5 Å². The van der Waals surface area contributed by atoms with E-state index in [0.717, 1.165) is 18.8 Å². The molecule has 0 spiro atoms. The highest BCUT2D eigenvalue weighted by Crippen LogP contribution is 2.30. The summed E-state index contributed by atoms with van der Waals surface area (Å²) < 4.78 is 29.2. The number of hydrogen-bond acceptors (Lipinski definition) is 5. The second kappa shape index (κ2) is 7.99. The van der Waals surface area contributed by atoms with Gasteiger partial charge in [-0.1, -0.05) is 6.07 Å². The number of aromatic nitrogens is 1. The summed E-state index contributed by atoms with van der Waals surface area (Å²) in [6, 6.07) is 7.70. The number of fused-ring (bicyclic) bond motifs is 1. The van der Waals surface area contributed by atoms with E-state index < -0.39 is 11.6 Å². The highest BCUT2D eigenvalue weighted by atomic mass is 19.1. The van der Waals surface area contributed by atoms with Gasteiger partial charge in [0.05, 0.1) is 11.4 Å². The monoisotopic (exact) mass is 409 g/mol. The molecule has 0 amide bonds. The van der Waals surface area contributed by atoms with Crippen LogP contribution in [0.4, 0.5) is 14.5 Å². The van der Waals surface area contributed by atoms with Crippen molar-refractivity contribution in [2.75, 3.05) is 25.0 Å². The van der Waals surface area contributed by atoms with Crippen LogP contribution in [0.25, 0.3) is 16.5 Å². The van der Waals surface area contributed by atoms with Gasteiger partial charge in [0.2, 0.25) is 0 Å². The van der Waals surface area contributed by atoms with Crippen molar-refractivity contribution < 1.29 is 8.78 Å². The predicted molar refractivity (Wildman–Crippen MR) is 118 cm³/mol. The van der Waals surface area contributed by atoms with Crippen molar-refractivity contribution in [2.45, 2.75) is 25.9 Å². The Morgan fingerprint density at radius 3 is 2.60 bits per heavy atom. The van der Waals surface area contributed by atoms with E-state index in [4.69, 9.17) is 5.41 Å². The molecule has 4 rings (SSSR count). The largest absolute Gasteiger partial charge is 0.393 e. The molecule has 0 radical (unpaired) electrons. The normalized spacial score (nSPS) is 23.6. The van der Waals surface area contributed by atoms with Gasteiger partial charge in [-0.15, -0.1) is 0 Å². The van der Waals surface area contributed by atoms with E-state index in [-0.39, 0.29) is 11.2 Å². The van der Waals surface area contributed by atoms with E-state index in [9.17, 15) is 4.39 Å². The van der Waals surface area contributed by atoms with Crippen molar-refractivity contribution in [3.63, 3.8) is 0 Å². The van der Waals surface area contributed by atoms with E-state index in [1.54, 1.807) is 25.4 Å². The maximum Gasteiger partial charge on any atom is 0.151 e. The van der Waals surface area contributed by atoms with Gasteiger partial charge in [0.1, 0.15) is 11.3 Å². The van der Waals surface area contributed by atoms with Crippen molar-refractivity contribution in [3.8, 4) is 0 Å². The Balaban J connectivity index is 1.72. The lowest BCUT2D eigenvalue weighted by molar-refractivity contribution is 0.407. The number of halogens is 2. The Bertz CT molecular complexity index is 1090. The van der Waals surface area contributed by atoms with Gasteiger partial charge in [0, 0.05) is 60.6 Å². The number of piperazine rings is 1. The summed E-state index contributed by atoms with van der Waals surface area (Å²) in [7, 11) is 1.69. The summed E-state index contributed by atoms with van der Waals surface area (Å²) in [6.45, 7) is 5.86.